The van der Waals surface area contributed by atoms with Crippen LogP contribution in [0.3, 0.4) is 0 Å². The van der Waals surface area contributed by atoms with Gasteiger partial charge in [0.2, 0.25) is 0 Å². The maximum atomic E-state index is 13.0. The number of benzene rings is 2. The van der Waals surface area contributed by atoms with E-state index in [0.29, 0.717) is 50.0 Å². The topological polar surface area (TPSA) is 61.1 Å². The van der Waals surface area contributed by atoms with Crippen LogP contribution in [-0.2, 0) is 11.3 Å². The molecule has 4 heterocycles. The summed E-state index contributed by atoms with van der Waals surface area (Å²) in [7, 11) is 0. The second kappa shape index (κ2) is 8.57. The Morgan fingerprint density at radius 1 is 1.15 bits per heavy atom. The zero-order valence-corrected chi connectivity index (χ0v) is 18.8. The molecule has 0 saturated carbocycles. The van der Waals surface area contributed by atoms with E-state index in [0.717, 1.165) is 23.1 Å². The lowest BCUT2D eigenvalue weighted by atomic mass is 10.0. The number of fused-ring (bicyclic) bond motifs is 2. The number of ether oxygens (including phenoxy) is 3. The molecular formula is C26H23NO5S. The predicted octanol–water partition coefficient (Wildman–Crippen LogP) is 5.36. The Labute approximate surface area is 195 Å². The average molecular weight is 462 g/mol. The van der Waals surface area contributed by atoms with E-state index in [4.69, 9.17) is 18.6 Å². The Morgan fingerprint density at radius 2 is 2.09 bits per heavy atom. The summed E-state index contributed by atoms with van der Waals surface area (Å²) in [4.78, 5) is 14.8. The van der Waals surface area contributed by atoms with Crippen molar-refractivity contribution in [2.45, 2.75) is 19.1 Å². The van der Waals surface area contributed by atoms with Gasteiger partial charge in [0.15, 0.2) is 11.5 Å². The highest BCUT2D eigenvalue weighted by Crippen LogP contribution is 2.42. The summed E-state index contributed by atoms with van der Waals surface area (Å²) >= 11 is 1.73. The number of thiophene rings is 1. The predicted molar refractivity (Wildman–Crippen MR) is 126 cm³/mol. The van der Waals surface area contributed by atoms with E-state index in [1.807, 2.05) is 0 Å². The molecule has 0 unspecified atom stereocenters. The highest BCUT2D eigenvalue weighted by atomic mass is 32.1. The highest BCUT2D eigenvalue weighted by molar-refractivity contribution is 7.17. The van der Waals surface area contributed by atoms with Crippen molar-refractivity contribution in [3.05, 3.63) is 71.5 Å². The Morgan fingerprint density at radius 3 is 2.94 bits per heavy atom. The van der Waals surface area contributed by atoms with Gasteiger partial charge in [-0.2, -0.15) is 0 Å². The third-order valence-corrected chi connectivity index (χ3v) is 7.09. The van der Waals surface area contributed by atoms with Gasteiger partial charge in [0, 0.05) is 34.2 Å². The lowest BCUT2D eigenvalue weighted by Gasteiger charge is -2.20. The number of carbonyl (C=O) groups excluding carboxylic acids is 1. The Bertz CT molecular complexity index is 1290. The fourth-order valence-corrected chi connectivity index (χ4v) is 5.43. The number of furan rings is 1. The molecule has 1 fully saturated rings. The molecule has 1 saturated heterocycles. The van der Waals surface area contributed by atoms with E-state index in [9.17, 15) is 4.79 Å². The van der Waals surface area contributed by atoms with Crippen molar-refractivity contribution in [1.82, 2.24) is 4.90 Å². The minimum Gasteiger partial charge on any atom is -0.487 e. The molecule has 33 heavy (non-hydrogen) atoms. The van der Waals surface area contributed by atoms with Crippen molar-refractivity contribution in [3.63, 3.8) is 0 Å². The van der Waals surface area contributed by atoms with Crippen LogP contribution in [0, 0.1) is 0 Å². The van der Waals surface area contributed by atoms with Gasteiger partial charge in [-0.3, -0.25) is 4.79 Å². The summed E-state index contributed by atoms with van der Waals surface area (Å²) in [5.74, 6) is 1.36. The van der Waals surface area contributed by atoms with Crippen LogP contribution in [0.25, 0.3) is 21.2 Å². The molecule has 2 aliphatic heterocycles. The maximum absolute atomic E-state index is 13.0. The van der Waals surface area contributed by atoms with E-state index in [2.05, 4.69) is 41.8 Å². The Balaban J connectivity index is 1.43. The third kappa shape index (κ3) is 3.87. The summed E-state index contributed by atoms with van der Waals surface area (Å²) in [5.41, 5.74) is 3.69. The molecule has 0 aliphatic carbocycles. The van der Waals surface area contributed by atoms with E-state index in [1.165, 1.54) is 22.6 Å². The van der Waals surface area contributed by atoms with Crippen molar-refractivity contribution >= 4 is 27.3 Å². The lowest BCUT2D eigenvalue weighted by molar-refractivity contribution is 0.0732. The molecule has 7 heteroatoms. The highest BCUT2D eigenvalue weighted by Gasteiger charge is 2.27. The molecule has 0 radical (unpaired) electrons. The fourth-order valence-electron chi connectivity index (χ4n) is 4.46. The van der Waals surface area contributed by atoms with Crippen molar-refractivity contribution in [2.24, 2.45) is 0 Å². The molecule has 2 aromatic carbocycles. The average Bonchev–Trinajstić information content (AvgIpc) is 3.59. The number of hydrogen-bond donors (Lipinski definition) is 0. The van der Waals surface area contributed by atoms with Crippen molar-refractivity contribution in [2.75, 3.05) is 26.4 Å². The smallest absolute Gasteiger partial charge is 0.257 e. The minimum absolute atomic E-state index is 0.000845. The largest absolute Gasteiger partial charge is 0.487 e. The monoisotopic (exact) mass is 461 g/mol. The summed E-state index contributed by atoms with van der Waals surface area (Å²) in [6.45, 7) is 2.60. The van der Waals surface area contributed by atoms with Crippen molar-refractivity contribution in [3.8, 4) is 22.6 Å². The standard InChI is InChI=1S/C26H23NO5S/c28-26(17-5-8-29-14-17)27-7-10-31-25-19(13-27)11-18(12-23(25)32-20-6-9-30-15-20)22-16-33-24-4-2-1-3-21(22)24/h1-5,8,11-12,14,16,20H,6-7,9-10,13,15H2/t20-/m0/s1. The second-order valence-corrected chi connectivity index (χ2v) is 9.21. The van der Waals surface area contributed by atoms with Crippen molar-refractivity contribution < 1.29 is 23.4 Å². The normalized spacial score (nSPS) is 18.1. The number of hydrogen-bond acceptors (Lipinski definition) is 6. The van der Waals surface area contributed by atoms with Gasteiger partial charge in [0.25, 0.3) is 5.91 Å². The van der Waals surface area contributed by atoms with Gasteiger partial charge in [-0.1, -0.05) is 18.2 Å². The van der Waals surface area contributed by atoms with E-state index in [1.54, 1.807) is 22.3 Å². The molecule has 168 valence electrons. The molecule has 4 aromatic rings. The molecule has 6 rings (SSSR count). The van der Waals surface area contributed by atoms with Crippen LogP contribution in [-0.4, -0.2) is 43.3 Å². The zero-order chi connectivity index (χ0) is 22.2. The molecule has 0 N–H and O–H groups in total. The van der Waals surface area contributed by atoms with Gasteiger partial charge in [-0.05, 0) is 35.2 Å². The van der Waals surface area contributed by atoms with E-state index < -0.39 is 0 Å². The van der Waals surface area contributed by atoms with Crippen LogP contribution in [0.15, 0.2) is 64.8 Å². The molecule has 1 amide bonds. The second-order valence-electron chi connectivity index (χ2n) is 8.30. The first kappa shape index (κ1) is 20.3. The number of nitrogens with zero attached hydrogens (tertiary/aromatic N) is 1. The summed E-state index contributed by atoms with van der Waals surface area (Å²) in [5, 5.41) is 3.39. The number of rotatable bonds is 4. The van der Waals surface area contributed by atoms with Crippen LogP contribution in [0.1, 0.15) is 22.3 Å². The first-order chi connectivity index (χ1) is 16.3. The first-order valence-electron chi connectivity index (χ1n) is 11.1. The minimum atomic E-state index is -0.0711. The Hall–Kier alpha value is -3.29. The molecule has 1 atom stereocenters. The van der Waals surface area contributed by atoms with Gasteiger partial charge in [-0.15, -0.1) is 11.3 Å². The summed E-state index contributed by atoms with van der Waals surface area (Å²) in [6.07, 6.45) is 3.85. The molecular weight excluding hydrogens is 438 g/mol. The van der Waals surface area contributed by atoms with Gasteiger partial charge in [0.1, 0.15) is 19.0 Å². The molecule has 0 spiro atoms. The number of carbonyl (C=O) groups is 1. The quantitative estimate of drug-likeness (QED) is 0.409. The van der Waals surface area contributed by atoms with E-state index >= 15 is 0 Å². The first-order valence-corrected chi connectivity index (χ1v) is 12.0. The number of amides is 1. The summed E-state index contributed by atoms with van der Waals surface area (Å²) < 4.78 is 24.4. The van der Waals surface area contributed by atoms with Crippen LogP contribution in [0.4, 0.5) is 0 Å². The Kier molecular flexibility index (Phi) is 5.28. The molecule has 2 aromatic heterocycles. The molecule has 6 nitrogen and oxygen atoms in total. The van der Waals surface area contributed by atoms with E-state index in [-0.39, 0.29) is 12.0 Å². The SMILES string of the molecule is O=C(c1ccoc1)N1CCOc2c(cc(-c3csc4ccccc34)cc2O[C@H]2CCOC2)C1. The lowest BCUT2D eigenvalue weighted by Crippen LogP contribution is -2.32. The molecule has 0 bridgehead atoms. The summed E-state index contributed by atoms with van der Waals surface area (Å²) in [6, 6.07) is 14.3. The maximum Gasteiger partial charge on any atom is 0.257 e. The zero-order valence-electron chi connectivity index (χ0n) is 18.0. The van der Waals surface area contributed by atoms with Gasteiger partial charge < -0.3 is 23.5 Å². The van der Waals surface area contributed by atoms with Gasteiger partial charge in [-0.25, -0.2) is 0 Å². The van der Waals surface area contributed by atoms with Crippen LogP contribution in [0.2, 0.25) is 0 Å². The van der Waals surface area contributed by atoms with Crippen molar-refractivity contribution in [1.29, 1.82) is 0 Å². The van der Waals surface area contributed by atoms with Crippen LogP contribution >= 0.6 is 11.3 Å². The van der Waals surface area contributed by atoms with Gasteiger partial charge in [0.05, 0.1) is 31.6 Å². The fraction of sp³-hybridized carbons (Fsp3) is 0.269. The van der Waals surface area contributed by atoms with Gasteiger partial charge >= 0.3 is 0 Å². The third-order valence-electron chi connectivity index (χ3n) is 6.13. The van der Waals surface area contributed by atoms with Crippen LogP contribution < -0.4 is 9.47 Å². The molecule has 2 aliphatic rings. The van der Waals surface area contributed by atoms with Crippen LogP contribution in [0.5, 0.6) is 11.5 Å².